The fourth-order valence-electron chi connectivity index (χ4n) is 1.57. The molecule has 0 amide bonds. The Kier molecular flexibility index (Phi) is 3.95. The lowest BCUT2D eigenvalue weighted by atomic mass is 10.2. The molecular weight excluding hydrogens is 157 g/mol. The lowest BCUT2D eigenvalue weighted by molar-refractivity contribution is 0.0862. The van der Waals surface area contributed by atoms with Gasteiger partial charge in [0.2, 0.25) is 0 Å². The van der Waals surface area contributed by atoms with Gasteiger partial charge in [0.1, 0.15) is 6.17 Å². The highest BCUT2D eigenvalue weighted by Crippen LogP contribution is 2.18. The summed E-state index contributed by atoms with van der Waals surface area (Å²) < 4.78 is 18.2. The average Bonchev–Trinajstić information content (AvgIpc) is 2.31. The molecule has 1 saturated heterocycles. The summed E-state index contributed by atoms with van der Waals surface area (Å²) >= 11 is 0. The zero-order valence-electron chi connectivity index (χ0n) is 7.92. The number of alkyl halides is 1. The molecule has 1 rings (SSSR count). The van der Waals surface area contributed by atoms with E-state index in [-0.39, 0.29) is 0 Å². The Bertz CT molecular complexity index is 132. The fourth-order valence-corrected chi connectivity index (χ4v) is 1.57. The van der Waals surface area contributed by atoms with Crippen LogP contribution in [0, 0.1) is 0 Å². The predicted octanol–water partition coefficient (Wildman–Crippen LogP) is 1.46. The molecule has 1 fully saturated rings. The maximum atomic E-state index is 12.8. The third-order valence-electron chi connectivity index (χ3n) is 2.30. The molecule has 2 atom stereocenters. The van der Waals surface area contributed by atoms with Gasteiger partial charge in [-0.25, -0.2) is 4.39 Å². The number of ether oxygens (including phenoxy) is 1. The number of likely N-dealkylation sites (N-methyl/N-ethyl adjacent to an activating group) is 1. The molecule has 2 unspecified atom stereocenters. The smallest absolute Gasteiger partial charge is 0.114 e. The van der Waals surface area contributed by atoms with Crippen molar-refractivity contribution in [3.8, 4) is 0 Å². The van der Waals surface area contributed by atoms with Crippen molar-refractivity contribution in [1.29, 1.82) is 0 Å². The summed E-state index contributed by atoms with van der Waals surface area (Å²) in [5, 5.41) is 0. The molecule has 2 nitrogen and oxygen atoms in total. The van der Waals surface area contributed by atoms with Crippen LogP contribution >= 0.6 is 0 Å². The highest BCUT2D eigenvalue weighted by Gasteiger charge is 2.28. The van der Waals surface area contributed by atoms with Crippen molar-refractivity contribution in [2.75, 3.05) is 26.8 Å². The monoisotopic (exact) mass is 175 g/mol. The summed E-state index contributed by atoms with van der Waals surface area (Å²) in [6.45, 7) is 4.13. The summed E-state index contributed by atoms with van der Waals surface area (Å²) in [7, 11) is 1.96. The molecule has 0 radical (unpaired) electrons. The fraction of sp³-hybridized carbons (Fsp3) is 1.00. The van der Waals surface area contributed by atoms with Gasteiger partial charge in [-0.15, -0.1) is 0 Å². The van der Waals surface area contributed by atoms with Crippen molar-refractivity contribution >= 4 is 0 Å². The van der Waals surface area contributed by atoms with Crippen molar-refractivity contribution in [2.24, 2.45) is 0 Å². The Morgan fingerprint density at radius 2 is 2.33 bits per heavy atom. The van der Waals surface area contributed by atoms with Crippen molar-refractivity contribution < 1.29 is 9.13 Å². The van der Waals surface area contributed by atoms with Gasteiger partial charge in [-0.1, -0.05) is 6.92 Å². The van der Waals surface area contributed by atoms with E-state index in [1.54, 1.807) is 0 Å². The lowest BCUT2D eigenvalue weighted by Crippen LogP contribution is -2.29. The van der Waals surface area contributed by atoms with Gasteiger partial charge in [0.25, 0.3) is 0 Å². The highest BCUT2D eigenvalue weighted by atomic mass is 19.1. The van der Waals surface area contributed by atoms with Crippen LogP contribution in [0.2, 0.25) is 0 Å². The molecule has 1 heterocycles. The lowest BCUT2D eigenvalue weighted by Gasteiger charge is -2.18. The molecule has 0 spiro atoms. The van der Waals surface area contributed by atoms with E-state index in [4.69, 9.17) is 4.74 Å². The number of hydrogen-bond acceptors (Lipinski definition) is 2. The summed E-state index contributed by atoms with van der Waals surface area (Å²) in [5.74, 6) is 0. The molecule has 0 saturated carbocycles. The summed E-state index contributed by atoms with van der Waals surface area (Å²) in [6.07, 6.45) is 1.03. The summed E-state index contributed by atoms with van der Waals surface area (Å²) in [5.41, 5.74) is 0. The van der Waals surface area contributed by atoms with Crippen molar-refractivity contribution in [3.63, 3.8) is 0 Å². The summed E-state index contributed by atoms with van der Waals surface area (Å²) in [6, 6.07) is 0.298. The van der Waals surface area contributed by atoms with Crippen LogP contribution in [0.1, 0.15) is 19.8 Å². The molecule has 1 aliphatic rings. The van der Waals surface area contributed by atoms with E-state index in [9.17, 15) is 4.39 Å². The molecule has 72 valence electrons. The zero-order chi connectivity index (χ0) is 8.97. The van der Waals surface area contributed by atoms with Gasteiger partial charge < -0.3 is 4.74 Å². The van der Waals surface area contributed by atoms with Gasteiger partial charge >= 0.3 is 0 Å². The SMILES string of the molecule is CCCOCC1CC(F)CN1C. The first-order valence-corrected chi connectivity index (χ1v) is 4.66. The second kappa shape index (κ2) is 4.77. The molecule has 0 aromatic rings. The first-order valence-electron chi connectivity index (χ1n) is 4.66. The topological polar surface area (TPSA) is 12.5 Å². The third-order valence-corrected chi connectivity index (χ3v) is 2.30. The number of rotatable bonds is 4. The van der Waals surface area contributed by atoms with Crippen LogP contribution < -0.4 is 0 Å². The standard InChI is InChI=1S/C9H18FNO/c1-3-4-12-7-9-5-8(10)6-11(9)2/h8-9H,3-7H2,1-2H3. The van der Waals surface area contributed by atoms with Crippen LogP contribution in [-0.4, -0.2) is 43.9 Å². The van der Waals surface area contributed by atoms with E-state index in [1.807, 2.05) is 11.9 Å². The first-order chi connectivity index (χ1) is 5.74. The molecule has 0 N–H and O–H groups in total. The number of halogens is 1. The maximum Gasteiger partial charge on any atom is 0.114 e. The Balaban J connectivity index is 2.15. The number of hydrogen-bond donors (Lipinski definition) is 0. The van der Waals surface area contributed by atoms with Crippen LogP contribution in [0.4, 0.5) is 4.39 Å². The minimum Gasteiger partial charge on any atom is -0.380 e. The summed E-state index contributed by atoms with van der Waals surface area (Å²) in [4.78, 5) is 2.04. The maximum absolute atomic E-state index is 12.8. The van der Waals surface area contributed by atoms with E-state index in [1.165, 1.54) is 0 Å². The molecule has 1 aliphatic heterocycles. The van der Waals surface area contributed by atoms with E-state index in [0.29, 0.717) is 25.6 Å². The second-order valence-electron chi connectivity index (χ2n) is 3.50. The third kappa shape index (κ3) is 2.72. The van der Waals surface area contributed by atoms with Crippen molar-refractivity contribution in [1.82, 2.24) is 4.90 Å². The van der Waals surface area contributed by atoms with Crippen molar-refractivity contribution in [3.05, 3.63) is 0 Å². The van der Waals surface area contributed by atoms with Crippen LogP contribution in [0.3, 0.4) is 0 Å². The van der Waals surface area contributed by atoms with Crippen LogP contribution in [0.25, 0.3) is 0 Å². The van der Waals surface area contributed by atoms with E-state index < -0.39 is 6.17 Å². The molecule has 0 aliphatic carbocycles. The minimum atomic E-state index is -0.648. The predicted molar refractivity (Wildman–Crippen MR) is 47.0 cm³/mol. The average molecular weight is 175 g/mol. The minimum absolute atomic E-state index is 0.298. The quantitative estimate of drug-likeness (QED) is 0.600. The largest absolute Gasteiger partial charge is 0.380 e. The Morgan fingerprint density at radius 3 is 2.83 bits per heavy atom. The van der Waals surface area contributed by atoms with E-state index in [2.05, 4.69) is 6.92 Å². The molecule has 0 aromatic carbocycles. The Morgan fingerprint density at radius 1 is 1.58 bits per heavy atom. The van der Waals surface area contributed by atoms with E-state index >= 15 is 0 Å². The first kappa shape index (κ1) is 9.93. The molecule has 3 heteroatoms. The Hall–Kier alpha value is -0.150. The molecular formula is C9H18FNO. The molecule has 12 heavy (non-hydrogen) atoms. The van der Waals surface area contributed by atoms with Gasteiger partial charge in [-0.05, 0) is 19.9 Å². The Labute approximate surface area is 73.7 Å². The zero-order valence-corrected chi connectivity index (χ0v) is 7.92. The van der Waals surface area contributed by atoms with Crippen LogP contribution in [-0.2, 0) is 4.74 Å². The van der Waals surface area contributed by atoms with Gasteiger partial charge in [-0.3, -0.25) is 4.90 Å². The van der Waals surface area contributed by atoms with Gasteiger partial charge in [-0.2, -0.15) is 0 Å². The van der Waals surface area contributed by atoms with Crippen LogP contribution in [0.5, 0.6) is 0 Å². The van der Waals surface area contributed by atoms with Gasteiger partial charge in [0.05, 0.1) is 6.61 Å². The number of likely N-dealkylation sites (tertiary alicyclic amines) is 1. The highest BCUT2D eigenvalue weighted by molar-refractivity contribution is 4.82. The van der Waals surface area contributed by atoms with E-state index in [0.717, 1.165) is 13.0 Å². The normalized spacial score (nSPS) is 31.2. The molecule has 0 aromatic heterocycles. The number of nitrogens with zero attached hydrogens (tertiary/aromatic N) is 1. The molecule has 0 bridgehead atoms. The van der Waals surface area contributed by atoms with Gasteiger partial charge in [0.15, 0.2) is 0 Å². The van der Waals surface area contributed by atoms with Gasteiger partial charge in [0, 0.05) is 19.2 Å². The van der Waals surface area contributed by atoms with Crippen molar-refractivity contribution in [2.45, 2.75) is 32.0 Å². The second-order valence-corrected chi connectivity index (χ2v) is 3.50. The van der Waals surface area contributed by atoms with Crippen LogP contribution in [0.15, 0.2) is 0 Å².